The topological polar surface area (TPSA) is 12.0 Å². The molecule has 0 amide bonds. The van der Waals surface area contributed by atoms with E-state index >= 15 is 0 Å². The molecule has 0 spiro atoms. The van der Waals surface area contributed by atoms with Crippen molar-refractivity contribution in [3.8, 4) is 0 Å². The highest BCUT2D eigenvalue weighted by Crippen LogP contribution is 2.40. The van der Waals surface area contributed by atoms with Gasteiger partial charge in [0.15, 0.2) is 0 Å². The van der Waals surface area contributed by atoms with E-state index in [2.05, 4.69) is 50.4 Å². The molecule has 0 bridgehead atoms. The summed E-state index contributed by atoms with van der Waals surface area (Å²) in [7, 11) is 0. The molecule has 1 aromatic carbocycles. The first-order chi connectivity index (χ1) is 10.0. The minimum atomic E-state index is 0.503. The summed E-state index contributed by atoms with van der Waals surface area (Å²) in [6.07, 6.45) is 8.24. The van der Waals surface area contributed by atoms with E-state index in [1.807, 2.05) is 0 Å². The number of fused-ring (bicyclic) bond motifs is 1. The third-order valence-corrected chi connectivity index (χ3v) is 5.86. The monoisotopic (exact) mass is 285 g/mol. The van der Waals surface area contributed by atoms with Crippen molar-refractivity contribution >= 4 is 0 Å². The maximum atomic E-state index is 3.86. The van der Waals surface area contributed by atoms with E-state index in [1.165, 1.54) is 45.1 Å². The zero-order valence-corrected chi connectivity index (χ0v) is 14.0. The fourth-order valence-corrected chi connectivity index (χ4v) is 4.31. The molecule has 1 saturated carbocycles. The third-order valence-electron chi connectivity index (χ3n) is 5.86. The van der Waals surface area contributed by atoms with Gasteiger partial charge in [-0.25, -0.2) is 0 Å². The van der Waals surface area contributed by atoms with Crippen molar-refractivity contribution in [2.24, 2.45) is 17.3 Å². The van der Waals surface area contributed by atoms with Gasteiger partial charge in [-0.1, -0.05) is 45.0 Å². The average molecular weight is 285 g/mol. The van der Waals surface area contributed by atoms with Crippen LogP contribution >= 0.6 is 0 Å². The maximum Gasteiger partial charge on any atom is 0.0326 e. The molecule has 2 aliphatic carbocycles. The van der Waals surface area contributed by atoms with Gasteiger partial charge in [0.25, 0.3) is 0 Å². The molecule has 0 aromatic heterocycles. The van der Waals surface area contributed by atoms with Crippen LogP contribution in [0.5, 0.6) is 0 Å². The van der Waals surface area contributed by atoms with Crippen molar-refractivity contribution in [3.05, 3.63) is 35.4 Å². The van der Waals surface area contributed by atoms with Crippen LogP contribution in [0.2, 0.25) is 0 Å². The third kappa shape index (κ3) is 3.51. The van der Waals surface area contributed by atoms with Crippen molar-refractivity contribution in [1.82, 2.24) is 5.32 Å². The first kappa shape index (κ1) is 15.1. The summed E-state index contributed by atoms with van der Waals surface area (Å²) in [6, 6.07) is 9.59. The molecule has 1 unspecified atom stereocenters. The highest BCUT2D eigenvalue weighted by molar-refractivity contribution is 5.34. The fourth-order valence-electron chi connectivity index (χ4n) is 4.31. The molecule has 1 heteroatoms. The summed E-state index contributed by atoms with van der Waals surface area (Å²) in [5.74, 6) is 1.83. The number of aryl methyl sites for hydroxylation is 1. The van der Waals surface area contributed by atoms with E-state index in [0.717, 1.165) is 11.8 Å². The van der Waals surface area contributed by atoms with Crippen LogP contribution in [0.1, 0.15) is 70.0 Å². The van der Waals surface area contributed by atoms with E-state index < -0.39 is 0 Å². The van der Waals surface area contributed by atoms with Crippen molar-refractivity contribution in [1.29, 1.82) is 0 Å². The predicted molar refractivity (Wildman–Crippen MR) is 90.4 cm³/mol. The zero-order chi connectivity index (χ0) is 14.9. The molecular weight excluding hydrogens is 254 g/mol. The molecular formula is C20H31N. The Labute approximate surface area is 130 Å². The van der Waals surface area contributed by atoms with E-state index in [1.54, 1.807) is 11.1 Å². The van der Waals surface area contributed by atoms with Gasteiger partial charge in [-0.15, -0.1) is 0 Å². The normalized spacial score (nSPS) is 29.4. The summed E-state index contributed by atoms with van der Waals surface area (Å²) in [6.45, 7) is 8.44. The molecule has 0 radical (unpaired) electrons. The smallest absolute Gasteiger partial charge is 0.0326 e. The quantitative estimate of drug-likeness (QED) is 0.813. The Kier molecular flexibility index (Phi) is 4.40. The molecule has 2 aliphatic rings. The van der Waals surface area contributed by atoms with Gasteiger partial charge < -0.3 is 5.32 Å². The molecule has 0 saturated heterocycles. The van der Waals surface area contributed by atoms with Crippen LogP contribution in [0.4, 0.5) is 0 Å². The molecule has 116 valence electrons. The number of hydrogen-bond acceptors (Lipinski definition) is 1. The van der Waals surface area contributed by atoms with Gasteiger partial charge in [-0.3, -0.25) is 0 Å². The maximum absolute atomic E-state index is 3.86. The van der Waals surface area contributed by atoms with Gasteiger partial charge in [-0.2, -0.15) is 0 Å². The van der Waals surface area contributed by atoms with Crippen molar-refractivity contribution in [3.63, 3.8) is 0 Å². The standard InChI is InChI=1S/C20H31N/c1-20(2,3)17-11-8-15(9-12-17)14-21-19-13-10-16-6-4-5-7-18(16)19/h4-7,15,17,19,21H,8-14H2,1-3H3. The second-order valence-corrected chi connectivity index (χ2v) is 8.28. The molecule has 0 aliphatic heterocycles. The molecule has 21 heavy (non-hydrogen) atoms. The molecule has 1 fully saturated rings. The van der Waals surface area contributed by atoms with Crippen LogP contribution in [-0.4, -0.2) is 6.54 Å². The van der Waals surface area contributed by atoms with Crippen LogP contribution in [-0.2, 0) is 6.42 Å². The van der Waals surface area contributed by atoms with Gasteiger partial charge >= 0.3 is 0 Å². The predicted octanol–water partition coefficient (Wildman–Crippen LogP) is 5.12. The molecule has 3 rings (SSSR count). The lowest BCUT2D eigenvalue weighted by molar-refractivity contribution is 0.147. The van der Waals surface area contributed by atoms with E-state index in [4.69, 9.17) is 0 Å². The minimum absolute atomic E-state index is 0.503. The summed E-state index contributed by atoms with van der Waals surface area (Å²) >= 11 is 0. The van der Waals surface area contributed by atoms with E-state index in [-0.39, 0.29) is 0 Å². The van der Waals surface area contributed by atoms with Gasteiger partial charge in [0.2, 0.25) is 0 Å². The zero-order valence-electron chi connectivity index (χ0n) is 14.0. The minimum Gasteiger partial charge on any atom is -0.310 e. The summed E-state index contributed by atoms with van der Waals surface area (Å²) < 4.78 is 0. The van der Waals surface area contributed by atoms with Crippen LogP contribution in [0.15, 0.2) is 24.3 Å². The fraction of sp³-hybridized carbons (Fsp3) is 0.700. The Morgan fingerprint density at radius 1 is 1.00 bits per heavy atom. The second-order valence-electron chi connectivity index (χ2n) is 8.28. The number of nitrogens with one attached hydrogen (secondary N) is 1. The molecule has 1 nitrogen and oxygen atoms in total. The van der Waals surface area contributed by atoms with Gasteiger partial charge in [0.05, 0.1) is 0 Å². The Morgan fingerprint density at radius 2 is 1.71 bits per heavy atom. The second kappa shape index (κ2) is 6.12. The Bertz CT molecular complexity index is 463. The number of hydrogen-bond donors (Lipinski definition) is 1. The lowest BCUT2D eigenvalue weighted by Gasteiger charge is -2.37. The Hall–Kier alpha value is -0.820. The van der Waals surface area contributed by atoms with Gasteiger partial charge in [-0.05, 0) is 73.4 Å². The largest absolute Gasteiger partial charge is 0.310 e. The van der Waals surface area contributed by atoms with Gasteiger partial charge in [0, 0.05) is 6.04 Å². The molecule has 1 atom stereocenters. The summed E-state index contributed by atoms with van der Waals surface area (Å²) in [5.41, 5.74) is 3.62. The highest BCUT2D eigenvalue weighted by atomic mass is 14.9. The summed E-state index contributed by atoms with van der Waals surface area (Å²) in [4.78, 5) is 0. The highest BCUT2D eigenvalue weighted by Gasteiger charge is 2.30. The lowest BCUT2D eigenvalue weighted by Crippen LogP contribution is -2.31. The van der Waals surface area contributed by atoms with Crippen molar-refractivity contribution in [2.75, 3.05) is 6.54 Å². The molecule has 1 aromatic rings. The summed E-state index contributed by atoms with van der Waals surface area (Å²) in [5, 5.41) is 3.86. The number of benzene rings is 1. The Balaban J connectivity index is 1.47. The first-order valence-electron chi connectivity index (χ1n) is 8.85. The average Bonchev–Trinajstić information content (AvgIpc) is 2.88. The first-order valence-corrected chi connectivity index (χ1v) is 8.85. The van der Waals surface area contributed by atoms with E-state index in [0.29, 0.717) is 11.5 Å². The van der Waals surface area contributed by atoms with Crippen LogP contribution in [0, 0.1) is 17.3 Å². The Morgan fingerprint density at radius 3 is 2.43 bits per heavy atom. The van der Waals surface area contributed by atoms with Crippen molar-refractivity contribution < 1.29 is 0 Å². The molecule has 1 N–H and O–H groups in total. The van der Waals surface area contributed by atoms with Gasteiger partial charge in [0.1, 0.15) is 0 Å². The van der Waals surface area contributed by atoms with E-state index in [9.17, 15) is 0 Å². The lowest BCUT2D eigenvalue weighted by atomic mass is 9.70. The number of rotatable bonds is 3. The van der Waals surface area contributed by atoms with Crippen LogP contribution in [0.25, 0.3) is 0 Å². The van der Waals surface area contributed by atoms with Crippen LogP contribution in [0.3, 0.4) is 0 Å². The molecule has 0 heterocycles. The SMILES string of the molecule is CC(C)(C)C1CCC(CNC2CCc3ccccc32)CC1. The van der Waals surface area contributed by atoms with Crippen LogP contribution < -0.4 is 5.32 Å². The van der Waals surface area contributed by atoms with Crippen molar-refractivity contribution in [2.45, 2.75) is 65.3 Å².